The lowest BCUT2D eigenvalue weighted by Crippen LogP contribution is -2.29. The number of aromatic nitrogens is 1. The maximum absolute atomic E-state index is 4.62. The molecular weight excluding hydrogens is 707 g/mol. The lowest BCUT2D eigenvalue weighted by Gasteiger charge is -2.20. The summed E-state index contributed by atoms with van der Waals surface area (Å²) in [6.45, 7) is 13.8. The smallest absolute Gasteiger partial charge is 0.138 e. The van der Waals surface area contributed by atoms with Crippen molar-refractivity contribution in [2.24, 2.45) is 0 Å². The molecular formula is C53H53NSi2. The molecule has 0 saturated heterocycles. The van der Waals surface area contributed by atoms with Crippen molar-refractivity contribution in [1.82, 2.24) is 4.98 Å². The van der Waals surface area contributed by atoms with Crippen LogP contribution in [0.25, 0.3) is 11.1 Å². The van der Waals surface area contributed by atoms with Crippen LogP contribution in [-0.4, -0.2) is 21.1 Å². The highest BCUT2D eigenvalue weighted by molar-refractivity contribution is 6.87. The fourth-order valence-corrected chi connectivity index (χ4v) is 11.7. The molecule has 0 aliphatic carbocycles. The third kappa shape index (κ3) is 10.7. The summed E-state index contributed by atoms with van der Waals surface area (Å²) in [5.41, 5.74) is 17.4. The minimum Gasteiger partial charge on any atom is -0.262 e. The Morgan fingerprint density at radius 1 is 0.411 bits per heavy atom. The zero-order valence-electron chi connectivity index (χ0n) is 34.0. The number of rotatable bonds is 10. The molecule has 0 N–H and O–H groups in total. The molecule has 1 aromatic heterocycles. The van der Waals surface area contributed by atoms with Crippen molar-refractivity contribution in [1.29, 1.82) is 0 Å². The van der Waals surface area contributed by atoms with Gasteiger partial charge in [0.05, 0.1) is 11.1 Å². The van der Waals surface area contributed by atoms with E-state index in [0.717, 1.165) is 91.9 Å². The third-order valence-corrected chi connectivity index (χ3v) is 20.5. The van der Waals surface area contributed by atoms with Gasteiger partial charge >= 0.3 is 0 Å². The summed E-state index contributed by atoms with van der Waals surface area (Å²) in [5, 5.41) is 0. The van der Waals surface area contributed by atoms with Gasteiger partial charge in [0, 0.05) is 34.7 Å². The van der Waals surface area contributed by atoms with E-state index in [1.54, 1.807) is 0 Å². The quantitative estimate of drug-likeness (QED) is 0.102. The molecule has 0 fully saturated rings. The molecule has 0 unspecified atom stereocenters. The molecule has 0 atom stereocenters. The van der Waals surface area contributed by atoms with E-state index < -0.39 is 16.1 Å². The minimum atomic E-state index is -1.76. The second-order valence-corrected chi connectivity index (χ2v) is 24.0. The van der Waals surface area contributed by atoms with Crippen LogP contribution in [0.5, 0.6) is 0 Å². The van der Waals surface area contributed by atoms with E-state index in [9.17, 15) is 0 Å². The maximum atomic E-state index is 4.62. The van der Waals surface area contributed by atoms with Crippen molar-refractivity contribution >= 4 is 27.3 Å². The molecule has 0 saturated carbocycles. The predicted octanol–water partition coefficient (Wildman–Crippen LogP) is 12.9. The van der Waals surface area contributed by atoms with E-state index in [1.807, 2.05) is 18.5 Å². The molecule has 1 nitrogen and oxygen atoms in total. The second kappa shape index (κ2) is 20.7. The number of hydrogen-bond donors (Lipinski definition) is 0. The van der Waals surface area contributed by atoms with E-state index in [1.165, 1.54) is 0 Å². The summed E-state index contributed by atoms with van der Waals surface area (Å²) in [7, 11) is -3.52. The number of allylic oxidation sites excluding steroid dienone is 2. The van der Waals surface area contributed by atoms with Crippen molar-refractivity contribution < 1.29 is 0 Å². The predicted molar refractivity (Wildman–Crippen MR) is 246 cm³/mol. The Hall–Kier alpha value is -5.82. The Balaban J connectivity index is 1.69. The molecule has 0 bridgehead atoms. The van der Waals surface area contributed by atoms with Crippen molar-refractivity contribution in [3.63, 3.8) is 0 Å². The van der Waals surface area contributed by atoms with E-state index in [0.29, 0.717) is 0 Å². The summed E-state index contributed by atoms with van der Waals surface area (Å²) in [6.07, 6.45) is 3.63. The fraction of sp³-hybridized carbons (Fsp3) is 0.226. The lowest BCUT2D eigenvalue weighted by atomic mass is 9.93. The zero-order chi connectivity index (χ0) is 39.6. The summed E-state index contributed by atoms with van der Waals surface area (Å²) < 4.78 is 0. The molecule has 3 heteroatoms. The van der Waals surface area contributed by atoms with E-state index in [2.05, 4.69) is 214 Å². The third-order valence-electron chi connectivity index (χ3n) is 11.1. The van der Waals surface area contributed by atoms with Crippen LogP contribution in [0.3, 0.4) is 0 Å². The Morgan fingerprint density at radius 3 is 0.964 bits per heavy atom. The van der Waals surface area contributed by atoms with Crippen LogP contribution in [0, 0.1) is 46.6 Å². The number of nitrogens with zero attached hydrogens (tertiary/aromatic N) is 1. The van der Waals surface area contributed by atoms with Crippen LogP contribution in [0.2, 0.25) is 36.3 Å². The molecule has 0 aliphatic rings. The summed E-state index contributed by atoms with van der Waals surface area (Å²) in [5.74, 6) is 21.4. The first-order valence-corrected chi connectivity index (χ1v) is 25.4. The lowest BCUT2D eigenvalue weighted by molar-refractivity contribution is 1.20. The van der Waals surface area contributed by atoms with Gasteiger partial charge in [-0.1, -0.05) is 198 Å². The Kier molecular flexibility index (Phi) is 15.3. The van der Waals surface area contributed by atoms with Crippen LogP contribution in [0.15, 0.2) is 151 Å². The number of pyridine rings is 1. The molecule has 0 aliphatic heterocycles. The first kappa shape index (κ1) is 41.3. The van der Waals surface area contributed by atoms with Crippen molar-refractivity contribution in [2.45, 2.75) is 77.8 Å². The van der Waals surface area contributed by atoms with Crippen LogP contribution >= 0.6 is 0 Å². The molecule has 5 aromatic rings. The zero-order valence-corrected chi connectivity index (χ0v) is 36.0. The van der Waals surface area contributed by atoms with E-state index in [4.69, 9.17) is 0 Å². The molecule has 0 amide bonds. The second-order valence-electron chi connectivity index (χ2n) is 14.1. The van der Waals surface area contributed by atoms with Gasteiger partial charge in [0.25, 0.3) is 0 Å². The summed E-state index contributed by atoms with van der Waals surface area (Å²) in [6, 6.07) is 50.8. The highest BCUT2D eigenvalue weighted by Crippen LogP contribution is 2.29. The Labute approximate surface area is 339 Å². The largest absolute Gasteiger partial charge is 0.262 e. The van der Waals surface area contributed by atoms with Crippen LogP contribution < -0.4 is 0 Å². The van der Waals surface area contributed by atoms with Gasteiger partial charge in [0.15, 0.2) is 0 Å². The topological polar surface area (TPSA) is 12.9 Å². The van der Waals surface area contributed by atoms with Gasteiger partial charge in [0.2, 0.25) is 0 Å². The van der Waals surface area contributed by atoms with Gasteiger partial charge in [-0.3, -0.25) is 4.98 Å². The Bertz CT molecular complexity index is 2100. The van der Waals surface area contributed by atoms with Gasteiger partial charge in [-0.05, 0) is 64.6 Å². The van der Waals surface area contributed by atoms with E-state index in [-0.39, 0.29) is 0 Å². The minimum absolute atomic E-state index is 0.791. The van der Waals surface area contributed by atoms with E-state index >= 15 is 0 Å². The maximum Gasteiger partial charge on any atom is 0.138 e. The van der Waals surface area contributed by atoms with Gasteiger partial charge < -0.3 is 0 Å². The number of benzene rings is 4. The monoisotopic (exact) mass is 759 g/mol. The van der Waals surface area contributed by atoms with Gasteiger partial charge in [-0.15, -0.1) is 11.1 Å². The standard InChI is InChI=1S/C53H53NSi2/c1-7-55(8-2,9-3)39-37-50(52(46-25-17-13-18-26-46)47-27-19-14-20-28-47)35-33-44-41-45(43-54-42-44)34-36-51(38-40-56(10-4,11-5)12-6)53(48-29-21-15-22-30-48)49-31-23-16-24-32-49/h13-32,41-43H,7-12H2,1-6H3. The average molecular weight is 760 g/mol. The Morgan fingerprint density at radius 2 is 0.696 bits per heavy atom. The molecule has 0 spiro atoms. The van der Waals surface area contributed by atoms with Crippen molar-refractivity contribution in [3.8, 4) is 46.6 Å². The molecule has 56 heavy (non-hydrogen) atoms. The summed E-state index contributed by atoms with van der Waals surface area (Å²) in [4.78, 5) is 4.62. The molecule has 5 rings (SSSR count). The van der Waals surface area contributed by atoms with Crippen LogP contribution in [0.4, 0.5) is 0 Å². The number of hydrogen-bond acceptors (Lipinski definition) is 1. The summed E-state index contributed by atoms with van der Waals surface area (Å²) >= 11 is 0. The van der Waals surface area contributed by atoms with Crippen LogP contribution in [0.1, 0.15) is 74.9 Å². The molecule has 278 valence electrons. The van der Waals surface area contributed by atoms with Gasteiger partial charge in [-0.25, -0.2) is 0 Å². The highest BCUT2D eigenvalue weighted by atomic mass is 28.3. The molecule has 1 heterocycles. The average Bonchev–Trinajstić information content (AvgIpc) is 3.27. The van der Waals surface area contributed by atoms with Gasteiger partial charge in [-0.2, -0.15) is 0 Å². The SMILES string of the molecule is CC[Si](C#CC(C#Cc1cncc(C#CC(C#C[Si](CC)(CC)CC)=C(c2ccccc2)c2ccccc2)c1)=C(c1ccccc1)c1ccccc1)(CC)CC. The highest BCUT2D eigenvalue weighted by Gasteiger charge is 2.25. The fourth-order valence-electron chi connectivity index (χ4n) is 6.91. The normalized spacial score (nSPS) is 10.5. The molecule has 4 aromatic carbocycles. The first-order chi connectivity index (χ1) is 27.4. The van der Waals surface area contributed by atoms with Crippen LogP contribution in [-0.2, 0) is 0 Å². The first-order valence-electron chi connectivity index (χ1n) is 20.2. The van der Waals surface area contributed by atoms with Crippen molar-refractivity contribution in [2.75, 3.05) is 0 Å². The van der Waals surface area contributed by atoms with Gasteiger partial charge in [0.1, 0.15) is 16.1 Å². The molecule has 0 radical (unpaired) electrons. The van der Waals surface area contributed by atoms with Crippen molar-refractivity contribution in [3.05, 3.63) is 184 Å².